The molecule has 0 aliphatic carbocycles. The Morgan fingerprint density at radius 3 is 2.60 bits per heavy atom. The quantitative estimate of drug-likeness (QED) is 0.564. The molecule has 82 valence electrons. The number of carbonyl (C=O) groups is 2. The van der Waals surface area contributed by atoms with Gasteiger partial charge in [-0.3, -0.25) is 0 Å². The summed E-state index contributed by atoms with van der Waals surface area (Å²) >= 11 is 0. The lowest BCUT2D eigenvalue weighted by Crippen LogP contribution is -2.17. The number of hydrogen-bond acceptors (Lipinski definition) is 4. The van der Waals surface area contributed by atoms with Crippen molar-refractivity contribution in [3.05, 3.63) is 23.2 Å². The van der Waals surface area contributed by atoms with Gasteiger partial charge in [0.25, 0.3) is 0 Å². The average molecular weight is 210 g/mol. The van der Waals surface area contributed by atoms with Crippen molar-refractivity contribution in [1.82, 2.24) is 0 Å². The predicted octanol–water partition coefficient (Wildman–Crippen LogP) is 1.85. The van der Waals surface area contributed by atoms with E-state index >= 15 is 0 Å². The summed E-state index contributed by atoms with van der Waals surface area (Å²) in [6.07, 6.45) is 0.784. The van der Waals surface area contributed by atoms with Gasteiger partial charge in [-0.05, 0) is 26.8 Å². The van der Waals surface area contributed by atoms with Gasteiger partial charge in [-0.2, -0.15) is 0 Å². The molecule has 0 aliphatic rings. The van der Waals surface area contributed by atoms with Crippen molar-refractivity contribution in [3.63, 3.8) is 0 Å². The fourth-order valence-corrected chi connectivity index (χ4v) is 1.17. The molecule has 0 atom stereocenters. The van der Waals surface area contributed by atoms with E-state index in [1.165, 1.54) is 7.11 Å². The average Bonchev–Trinajstić information content (AvgIpc) is 2.60. The molecule has 0 amide bonds. The van der Waals surface area contributed by atoms with E-state index in [0.717, 1.165) is 6.29 Å². The van der Waals surface area contributed by atoms with Crippen LogP contribution in [0.15, 0.2) is 10.5 Å². The molecule has 4 heteroatoms. The van der Waals surface area contributed by atoms with E-state index in [2.05, 4.69) is 4.74 Å². The lowest BCUT2D eigenvalue weighted by molar-refractivity contribution is -0.112. The lowest BCUT2D eigenvalue weighted by atomic mass is 9.92. The molecule has 0 aliphatic heterocycles. The topological polar surface area (TPSA) is 56.5 Å². The van der Waals surface area contributed by atoms with Gasteiger partial charge in [-0.15, -0.1) is 0 Å². The number of carbonyl (C=O) groups excluding carboxylic acids is 2. The van der Waals surface area contributed by atoms with Gasteiger partial charge in [-0.25, -0.2) is 4.79 Å². The van der Waals surface area contributed by atoms with Crippen molar-refractivity contribution in [2.45, 2.75) is 26.2 Å². The Hall–Kier alpha value is -1.58. The van der Waals surface area contributed by atoms with Crippen molar-refractivity contribution in [2.75, 3.05) is 7.11 Å². The minimum atomic E-state index is -0.725. The van der Waals surface area contributed by atoms with Gasteiger partial charge in [0, 0.05) is 0 Å². The van der Waals surface area contributed by atoms with Crippen molar-refractivity contribution >= 4 is 12.3 Å². The number of aldehydes is 1. The molecular formula is C11H14O4. The SMILES string of the molecule is COC(=O)c1cc(C(C)(C)C=O)oc1C. The van der Waals surface area contributed by atoms with E-state index in [0.29, 0.717) is 17.1 Å². The molecule has 1 heterocycles. The van der Waals surface area contributed by atoms with E-state index in [4.69, 9.17) is 4.42 Å². The van der Waals surface area contributed by atoms with E-state index in [1.807, 2.05) is 0 Å². The third kappa shape index (κ3) is 2.09. The Labute approximate surface area is 88.2 Å². The standard InChI is InChI=1S/C11H14O4/c1-7-8(10(13)14-4)5-9(15-7)11(2,3)6-12/h5-6H,1-4H3. The Bertz CT molecular complexity index is 387. The van der Waals surface area contributed by atoms with E-state index < -0.39 is 11.4 Å². The van der Waals surface area contributed by atoms with Gasteiger partial charge in [0.05, 0.1) is 12.5 Å². The summed E-state index contributed by atoms with van der Waals surface area (Å²) in [4.78, 5) is 22.1. The minimum Gasteiger partial charge on any atom is -0.465 e. The van der Waals surface area contributed by atoms with Crippen molar-refractivity contribution in [1.29, 1.82) is 0 Å². The molecule has 4 nitrogen and oxygen atoms in total. The number of esters is 1. The maximum absolute atomic E-state index is 11.3. The summed E-state index contributed by atoms with van der Waals surface area (Å²) in [5.41, 5.74) is -0.362. The zero-order valence-corrected chi connectivity index (χ0v) is 9.29. The summed E-state index contributed by atoms with van der Waals surface area (Å²) in [6, 6.07) is 1.55. The molecule has 0 spiro atoms. The van der Waals surface area contributed by atoms with Gasteiger partial charge >= 0.3 is 5.97 Å². The maximum Gasteiger partial charge on any atom is 0.341 e. The fraction of sp³-hybridized carbons (Fsp3) is 0.455. The molecule has 0 bridgehead atoms. The largest absolute Gasteiger partial charge is 0.465 e. The molecule has 0 saturated carbocycles. The molecule has 1 rings (SSSR count). The molecule has 15 heavy (non-hydrogen) atoms. The first kappa shape index (κ1) is 11.5. The highest BCUT2D eigenvalue weighted by Crippen LogP contribution is 2.26. The van der Waals surface area contributed by atoms with Crippen LogP contribution in [0.2, 0.25) is 0 Å². The van der Waals surface area contributed by atoms with Crippen molar-refractivity contribution in [3.8, 4) is 0 Å². The first-order valence-corrected chi connectivity index (χ1v) is 4.58. The smallest absolute Gasteiger partial charge is 0.341 e. The third-order valence-electron chi connectivity index (χ3n) is 2.25. The molecule has 0 radical (unpaired) electrons. The number of methoxy groups -OCH3 is 1. The van der Waals surface area contributed by atoms with E-state index in [9.17, 15) is 9.59 Å². The lowest BCUT2D eigenvalue weighted by Gasteiger charge is -2.11. The number of aryl methyl sites for hydroxylation is 1. The molecular weight excluding hydrogens is 196 g/mol. The van der Waals surface area contributed by atoms with Crippen LogP contribution in [-0.2, 0) is 14.9 Å². The zero-order chi connectivity index (χ0) is 11.6. The normalized spacial score (nSPS) is 11.2. The molecule has 0 fully saturated rings. The maximum atomic E-state index is 11.3. The van der Waals surface area contributed by atoms with Crippen LogP contribution in [0.4, 0.5) is 0 Å². The van der Waals surface area contributed by atoms with Crippen LogP contribution in [0.25, 0.3) is 0 Å². The van der Waals surface area contributed by atoms with Gasteiger partial charge < -0.3 is 13.9 Å². The molecule has 0 saturated heterocycles. The summed E-state index contributed by atoms with van der Waals surface area (Å²) in [6.45, 7) is 5.11. The minimum absolute atomic E-state index is 0.363. The monoisotopic (exact) mass is 210 g/mol. The Morgan fingerprint density at radius 1 is 1.53 bits per heavy atom. The van der Waals surface area contributed by atoms with Gasteiger partial charge in [0.15, 0.2) is 0 Å². The second kappa shape index (κ2) is 3.88. The highest BCUT2D eigenvalue weighted by molar-refractivity contribution is 5.90. The molecule has 0 unspecified atom stereocenters. The number of rotatable bonds is 3. The van der Waals surface area contributed by atoms with Crippen LogP contribution < -0.4 is 0 Å². The Morgan fingerprint density at radius 2 is 2.13 bits per heavy atom. The highest BCUT2D eigenvalue weighted by Gasteiger charge is 2.27. The van der Waals surface area contributed by atoms with E-state index in [1.54, 1.807) is 26.8 Å². The summed E-state index contributed by atoms with van der Waals surface area (Å²) in [7, 11) is 1.30. The number of ether oxygens (including phenoxy) is 1. The summed E-state index contributed by atoms with van der Waals surface area (Å²) in [5, 5.41) is 0. The molecule has 1 aromatic rings. The second-order valence-electron chi connectivity index (χ2n) is 3.91. The first-order valence-electron chi connectivity index (χ1n) is 4.58. The number of furan rings is 1. The third-order valence-corrected chi connectivity index (χ3v) is 2.25. The number of hydrogen-bond donors (Lipinski definition) is 0. The van der Waals surface area contributed by atoms with Gasteiger partial charge in [0.1, 0.15) is 23.4 Å². The van der Waals surface area contributed by atoms with Crippen LogP contribution in [0.3, 0.4) is 0 Å². The fourth-order valence-electron chi connectivity index (χ4n) is 1.17. The Balaban J connectivity index is 3.16. The predicted molar refractivity (Wildman–Crippen MR) is 53.9 cm³/mol. The zero-order valence-electron chi connectivity index (χ0n) is 9.29. The summed E-state index contributed by atoms with van der Waals surface area (Å²) < 4.78 is 9.95. The summed E-state index contributed by atoms with van der Waals surface area (Å²) in [5.74, 6) is 0.478. The molecule has 0 aromatic carbocycles. The van der Waals surface area contributed by atoms with Crippen molar-refractivity contribution < 1.29 is 18.7 Å². The molecule has 1 aromatic heterocycles. The van der Waals surface area contributed by atoms with Crippen LogP contribution in [-0.4, -0.2) is 19.4 Å². The van der Waals surface area contributed by atoms with Crippen LogP contribution in [0.1, 0.15) is 35.7 Å². The second-order valence-corrected chi connectivity index (χ2v) is 3.91. The van der Waals surface area contributed by atoms with Crippen LogP contribution >= 0.6 is 0 Å². The molecule has 0 N–H and O–H groups in total. The first-order chi connectivity index (χ1) is 6.92. The van der Waals surface area contributed by atoms with Gasteiger partial charge in [0.2, 0.25) is 0 Å². The highest BCUT2D eigenvalue weighted by atomic mass is 16.5. The van der Waals surface area contributed by atoms with E-state index in [-0.39, 0.29) is 0 Å². The Kier molecular flexibility index (Phi) is 2.98. The van der Waals surface area contributed by atoms with Gasteiger partial charge in [-0.1, -0.05) is 0 Å². The van der Waals surface area contributed by atoms with Crippen molar-refractivity contribution in [2.24, 2.45) is 0 Å². The van der Waals surface area contributed by atoms with Crippen LogP contribution in [0, 0.1) is 6.92 Å². The van der Waals surface area contributed by atoms with Crippen LogP contribution in [0.5, 0.6) is 0 Å².